The number of halogens is 3. The minimum atomic E-state index is 0. The quantitative estimate of drug-likeness (QED) is 0.864. The van der Waals surface area contributed by atoms with Crippen LogP contribution in [0.1, 0.15) is 5.56 Å². The maximum atomic E-state index is 5.96. The molecule has 1 heterocycles. The van der Waals surface area contributed by atoms with Crippen LogP contribution in [0.3, 0.4) is 0 Å². The highest BCUT2D eigenvalue weighted by Gasteiger charge is 2.03. The van der Waals surface area contributed by atoms with Gasteiger partial charge in [-0.2, -0.15) is 0 Å². The summed E-state index contributed by atoms with van der Waals surface area (Å²) in [6.07, 6.45) is 4.84. The fraction of sp³-hybridized carbons (Fsp3) is 0.154. The molecule has 0 unspecified atom stereocenters. The topological polar surface area (TPSA) is 29.9 Å². The minimum absolute atomic E-state index is 0. The van der Waals surface area contributed by atoms with E-state index in [-0.39, 0.29) is 12.4 Å². The predicted molar refractivity (Wildman–Crippen MR) is 78.5 cm³/mol. The number of nitrogens with zero attached hydrogens (tertiary/aromatic N) is 1. The molecule has 0 atom stereocenters. The number of nitrogens with two attached hydrogens (primary N) is 1. The summed E-state index contributed by atoms with van der Waals surface area (Å²) >= 11 is 11.8. The Morgan fingerprint density at radius 2 is 1.67 bits per heavy atom. The molecule has 0 radical (unpaired) electrons. The van der Waals surface area contributed by atoms with E-state index in [1.165, 1.54) is 5.56 Å². The zero-order chi connectivity index (χ0) is 12.3. The van der Waals surface area contributed by atoms with Gasteiger partial charge in [0.2, 0.25) is 0 Å². The molecular weight excluding hydrogens is 291 g/mol. The summed E-state index contributed by atoms with van der Waals surface area (Å²) in [5, 5.41) is 1.20. The van der Waals surface area contributed by atoms with Crippen molar-refractivity contribution in [2.24, 2.45) is 0 Å². The van der Waals surface area contributed by atoms with Crippen LogP contribution in [-0.4, -0.2) is 0 Å². The molecule has 18 heavy (non-hydrogen) atoms. The fourth-order valence-electron chi connectivity index (χ4n) is 1.57. The molecule has 0 aliphatic rings. The zero-order valence-corrected chi connectivity index (χ0v) is 12.0. The number of nitrogen functional groups attached to an aromatic ring is 1. The van der Waals surface area contributed by atoms with Crippen LogP contribution < -0.4 is 10.3 Å². The Bertz CT molecular complexity index is 512. The fourth-order valence-corrected chi connectivity index (χ4v) is 1.89. The van der Waals surface area contributed by atoms with Crippen LogP contribution in [0, 0.1) is 0 Å². The van der Waals surface area contributed by atoms with E-state index in [1.54, 1.807) is 0 Å². The Balaban J connectivity index is 0.00000162. The van der Waals surface area contributed by atoms with Crippen molar-refractivity contribution >= 4 is 41.3 Å². The van der Waals surface area contributed by atoms with Gasteiger partial charge in [-0.05, 0) is 17.7 Å². The highest BCUT2D eigenvalue weighted by atomic mass is 35.5. The van der Waals surface area contributed by atoms with Crippen molar-refractivity contribution in [3.63, 3.8) is 0 Å². The SMILES string of the molecule is Cl.Nc1cc[n+](CCc2ccc(Cl)c(Cl)c2)cc1. The first-order chi connectivity index (χ1) is 8.15. The van der Waals surface area contributed by atoms with Crippen LogP contribution in [0.5, 0.6) is 0 Å². The molecule has 96 valence electrons. The van der Waals surface area contributed by atoms with Crippen LogP contribution in [0.15, 0.2) is 42.7 Å². The first kappa shape index (κ1) is 15.1. The van der Waals surface area contributed by atoms with E-state index in [0.717, 1.165) is 18.7 Å². The van der Waals surface area contributed by atoms with Gasteiger partial charge in [0.05, 0.1) is 10.0 Å². The van der Waals surface area contributed by atoms with Crippen LogP contribution in [0.4, 0.5) is 5.69 Å². The molecule has 0 fully saturated rings. The third-order valence-electron chi connectivity index (χ3n) is 2.56. The molecule has 2 nitrogen and oxygen atoms in total. The summed E-state index contributed by atoms with van der Waals surface area (Å²) in [5.74, 6) is 0. The minimum Gasteiger partial charge on any atom is -0.398 e. The van der Waals surface area contributed by atoms with E-state index >= 15 is 0 Å². The summed E-state index contributed by atoms with van der Waals surface area (Å²) in [5.41, 5.74) is 7.57. The molecule has 0 saturated heterocycles. The molecule has 0 amide bonds. The molecule has 2 aromatic rings. The summed E-state index contributed by atoms with van der Waals surface area (Å²) in [4.78, 5) is 0. The average Bonchev–Trinajstić information content (AvgIpc) is 2.33. The second kappa shape index (κ2) is 6.83. The van der Waals surface area contributed by atoms with Crippen LogP contribution >= 0.6 is 35.6 Å². The first-order valence-electron chi connectivity index (χ1n) is 5.33. The molecule has 2 rings (SSSR count). The van der Waals surface area contributed by atoms with Crippen LogP contribution in [0.2, 0.25) is 10.0 Å². The largest absolute Gasteiger partial charge is 0.398 e. The van der Waals surface area contributed by atoms with E-state index in [0.29, 0.717) is 10.0 Å². The Morgan fingerprint density at radius 3 is 2.28 bits per heavy atom. The number of pyridine rings is 1. The van der Waals surface area contributed by atoms with Gasteiger partial charge in [-0.15, -0.1) is 12.4 Å². The molecule has 0 saturated carbocycles. The highest BCUT2D eigenvalue weighted by molar-refractivity contribution is 6.42. The first-order valence-corrected chi connectivity index (χ1v) is 6.09. The van der Waals surface area contributed by atoms with E-state index in [1.807, 2.05) is 42.7 Å². The van der Waals surface area contributed by atoms with Crippen molar-refractivity contribution in [2.45, 2.75) is 13.0 Å². The van der Waals surface area contributed by atoms with Crippen molar-refractivity contribution in [3.8, 4) is 0 Å². The lowest BCUT2D eigenvalue weighted by molar-refractivity contribution is -0.696. The smallest absolute Gasteiger partial charge is 0.170 e. The molecule has 0 aliphatic carbocycles. The lowest BCUT2D eigenvalue weighted by atomic mass is 10.1. The van der Waals surface area contributed by atoms with Gasteiger partial charge in [-0.25, -0.2) is 4.57 Å². The summed E-state index contributed by atoms with van der Waals surface area (Å²) in [6, 6.07) is 9.49. The van der Waals surface area contributed by atoms with Gasteiger partial charge in [0.25, 0.3) is 0 Å². The Kier molecular flexibility index (Phi) is 5.73. The predicted octanol–water partition coefficient (Wildman–Crippen LogP) is 3.53. The molecule has 0 bridgehead atoms. The van der Waals surface area contributed by atoms with E-state index in [9.17, 15) is 0 Å². The van der Waals surface area contributed by atoms with Gasteiger partial charge >= 0.3 is 0 Å². The van der Waals surface area contributed by atoms with Crippen molar-refractivity contribution in [1.29, 1.82) is 0 Å². The number of aromatic nitrogens is 1. The van der Waals surface area contributed by atoms with E-state index < -0.39 is 0 Å². The number of aryl methyl sites for hydroxylation is 2. The third kappa shape index (κ3) is 4.05. The Morgan fingerprint density at radius 1 is 1.00 bits per heavy atom. The highest BCUT2D eigenvalue weighted by Crippen LogP contribution is 2.22. The molecule has 0 spiro atoms. The third-order valence-corrected chi connectivity index (χ3v) is 3.30. The second-order valence-electron chi connectivity index (χ2n) is 3.87. The standard InChI is InChI=1S/C13H12Cl2N2.ClH/c14-12-2-1-10(9-13(12)15)3-6-17-7-4-11(16)5-8-17;/h1-2,4-5,7-9,16H,3,6H2;1H/p+1. The number of rotatable bonds is 3. The summed E-state index contributed by atoms with van der Waals surface area (Å²) < 4.78 is 2.08. The molecule has 5 heteroatoms. The normalized spacial score (nSPS) is 9.89. The number of hydrogen-bond acceptors (Lipinski definition) is 1. The molecular formula is C13H14Cl3N2+. The van der Waals surface area contributed by atoms with E-state index in [2.05, 4.69) is 4.57 Å². The molecule has 1 aromatic heterocycles. The van der Waals surface area contributed by atoms with Gasteiger partial charge < -0.3 is 5.73 Å². The second-order valence-corrected chi connectivity index (χ2v) is 4.68. The van der Waals surface area contributed by atoms with Crippen molar-refractivity contribution in [2.75, 3.05) is 5.73 Å². The van der Waals surface area contributed by atoms with Crippen molar-refractivity contribution in [3.05, 3.63) is 58.3 Å². The van der Waals surface area contributed by atoms with Gasteiger partial charge in [0.15, 0.2) is 18.9 Å². The molecule has 2 N–H and O–H groups in total. The lowest BCUT2D eigenvalue weighted by Crippen LogP contribution is -2.33. The average molecular weight is 305 g/mol. The number of hydrogen-bond donors (Lipinski definition) is 1. The summed E-state index contributed by atoms with van der Waals surface area (Å²) in [7, 11) is 0. The summed E-state index contributed by atoms with van der Waals surface area (Å²) in [6.45, 7) is 0.887. The number of benzene rings is 1. The van der Waals surface area contributed by atoms with Gasteiger partial charge in [0.1, 0.15) is 0 Å². The van der Waals surface area contributed by atoms with Crippen molar-refractivity contribution < 1.29 is 4.57 Å². The molecule has 0 aliphatic heterocycles. The van der Waals surface area contributed by atoms with Crippen molar-refractivity contribution in [1.82, 2.24) is 0 Å². The van der Waals surface area contributed by atoms with Gasteiger partial charge in [-0.3, -0.25) is 0 Å². The monoisotopic (exact) mass is 303 g/mol. The number of anilines is 1. The maximum absolute atomic E-state index is 5.96. The van der Waals surface area contributed by atoms with Crippen LogP contribution in [0.25, 0.3) is 0 Å². The maximum Gasteiger partial charge on any atom is 0.170 e. The zero-order valence-electron chi connectivity index (χ0n) is 9.64. The Labute approximate surface area is 123 Å². The van der Waals surface area contributed by atoms with Gasteiger partial charge in [0, 0.05) is 24.2 Å². The Hall–Kier alpha value is -0.960. The van der Waals surface area contributed by atoms with Crippen LogP contribution in [-0.2, 0) is 13.0 Å². The molecule has 1 aromatic carbocycles. The van der Waals surface area contributed by atoms with Gasteiger partial charge in [-0.1, -0.05) is 29.3 Å². The lowest BCUT2D eigenvalue weighted by Gasteiger charge is -2.01. The van der Waals surface area contributed by atoms with E-state index in [4.69, 9.17) is 28.9 Å².